The quantitative estimate of drug-likeness (QED) is 0.692. The third kappa shape index (κ3) is 6.47. The van der Waals surface area contributed by atoms with E-state index in [9.17, 15) is 0 Å². The molecule has 0 saturated heterocycles. The molecule has 2 unspecified atom stereocenters. The molecule has 0 aliphatic rings. The zero-order valence-electron chi connectivity index (χ0n) is 14.8. The highest BCUT2D eigenvalue weighted by atomic mass is 16.5. The molecule has 2 N–H and O–H groups in total. The first-order valence-electron chi connectivity index (χ1n) is 8.47. The molecule has 3 heteroatoms. The van der Waals surface area contributed by atoms with Crippen molar-refractivity contribution in [2.45, 2.75) is 53.2 Å². The number of ether oxygens (including phenoxy) is 1. The van der Waals surface area contributed by atoms with Crippen LogP contribution in [0.2, 0.25) is 0 Å². The standard InChI is InChI=1S/C19H33NO2/c1-14(2)12-18(17-9-7-6-8-16(17)5)20-13-19(15(3)4)22-11-10-21/h6-9,14-15,18-21H,10-13H2,1-5H3. The van der Waals surface area contributed by atoms with Gasteiger partial charge in [-0.25, -0.2) is 0 Å². The van der Waals surface area contributed by atoms with E-state index < -0.39 is 0 Å². The number of nitrogens with one attached hydrogen (secondary N) is 1. The monoisotopic (exact) mass is 307 g/mol. The number of aryl methyl sites for hydroxylation is 1. The van der Waals surface area contributed by atoms with Crippen molar-refractivity contribution < 1.29 is 9.84 Å². The van der Waals surface area contributed by atoms with Gasteiger partial charge in [0.15, 0.2) is 0 Å². The fourth-order valence-electron chi connectivity index (χ4n) is 2.72. The van der Waals surface area contributed by atoms with Crippen molar-refractivity contribution in [3.63, 3.8) is 0 Å². The summed E-state index contributed by atoms with van der Waals surface area (Å²) >= 11 is 0. The Balaban J connectivity index is 2.74. The van der Waals surface area contributed by atoms with Crippen LogP contribution in [0.25, 0.3) is 0 Å². The van der Waals surface area contributed by atoms with Gasteiger partial charge in [-0.15, -0.1) is 0 Å². The first-order valence-corrected chi connectivity index (χ1v) is 8.47. The third-order valence-corrected chi connectivity index (χ3v) is 4.00. The Morgan fingerprint density at radius 3 is 2.36 bits per heavy atom. The van der Waals surface area contributed by atoms with Gasteiger partial charge in [0, 0.05) is 12.6 Å². The van der Waals surface area contributed by atoms with Gasteiger partial charge < -0.3 is 15.2 Å². The Bertz CT molecular complexity index is 418. The highest BCUT2D eigenvalue weighted by Crippen LogP contribution is 2.24. The van der Waals surface area contributed by atoms with E-state index in [1.165, 1.54) is 11.1 Å². The topological polar surface area (TPSA) is 41.5 Å². The van der Waals surface area contributed by atoms with Crippen LogP contribution in [0.15, 0.2) is 24.3 Å². The summed E-state index contributed by atoms with van der Waals surface area (Å²) in [5, 5.41) is 12.7. The van der Waals surface area contributed by atoms with Gasteiger partial charge in [-0.1, -0.05) is 52.0 Å². The summed E-state index contributed by atoms with van der Waals surface area (Å²) in [6.45, 7) is 12.3. The molecule has 0 fully saturated rings. The molecular formula is C19H33NO2. The maximum atomic E-state index is 8.96. The van der Waals surface area contributed by atoms with E-state index in [-0.39, 0.29) is 12.7 Å². The summed E-state index contributed by atoms with van der Waals surface area (Å²) in [5.74, 6) is 1.06. The molecule has 3 nitrogen and oxygen atoms in total. The Kier molecular flexibility index (Phi) is 8.69. The highest BCUT2D eigenvalue weighted by Gasteiger charge is 2.19. The van der Waals surface area contributed by atoms with Crippen molar-refractivity contribution in [2.24, 2.45) is 11.8 Å². The second kappa shape index (κ2) is 9.98. The van der Waals surface area contributed by atoms with E-state index in [0.717, 1.165) is 13.0 Å². The van der Waals surface area contributed by atoms with E-state index in [4.69, 9.17) is 9.84 Å². The molecule has 0 aliphatic heterocycles. The Hall–Kier alpha value is -0.900. The van der Waals surface area contributed by atoms with Gasteiger partial charge in [0.2, 0.25) is 0 Å². The lowest BCUT2D eigenvalue weighted by Crippen LogP contribution is -2.36. The fraction of sp³-hybridized carbons (Fsp3) is 0.684. The molecule has 0 amide bonds. The van der Waals surface area contributed by atoms with Gasteiger partial charge in [-0.2, -0.15) is 0 Å². The lowest BCUT2D eigenvalue weighted by molar-refractivity contribution is 0.00219. The Morgan fingerprint density at radius 2 is 1.82 bits per heavy atom. The van der Waals surface area contributed by atoms with Gasteiger partial charge >= 0.3 is 0 Å². The minimum atomic E-state index is 0.0798. The zero-order valence-corrected chi connectivity index (χ0v) is 14.8. The SMILES string of the molecule is Cc1ccccc1C(CC(C)C)NCC(OCCO)C(C)C. The molecule has 1 rings (SSSR count). The summed E-state index contributed by atoms with van der Waals surface area (Å²) in [6.07, 6.45) is 1.24. The lowest BCUT2D eigenvalue weighted by atomic mass is 9.93. The number of rotatable bonds is 10. The van der Waals surface area contributed by atoms with Crippen LogP contribution in [0.5, 0.6) is 0 Å². The van der Waals surface area contributed by atoms with Crippen molar-refractivity contribution in [1.29, 1.82) is 0 Å². The van der Waals surface area contributed by atoms with Gasteiger partial charge in [-0.05, 0) is 36.3 Å². The molecule has 0 bridgehead atoms. The smallest absolute Gasteiger partial charge is 0.0723 e. The van der Waals surface area contributed by atoms with Gasteiger partial charge in [0.25, 0.3) is 0 Å². The largest absolute Gasteiger partial charge is 0.394 e. The summed E-state index contributed by atoms with van der Waals surface area (Å²) in [5.41, 5.74) is 2.71. The Morgan fingerprint density at radius 1 is 1.14 bits per heavy atom. The fourth-order valence-corrected chi connectivity index (χ4v) is 2.72. The number of aliphatic hydroxyl groups excluding tert-OH is 1. The molecule has 1 aromatic carbocycles. The third-order valence-electron chi connectivity index (χ3n) is 4.00. The van der Waals surface area contributed by atoms with Crippen LogP contribution < -0.4 is 5.32 Å². The first kappa shape index (κ1) is 19.1. The Labute approximate surface area is 136 Å². The maximum absolute atomic E-state index is 8.96. The van der Waals surface area contributed by atoms with Crippen molar-refractivity contribution >= 4 is 0 Å². The summed E-state index contributed by atoms with van der Waals surface area (Å²) < 4.78 is 5.76. The molecule has 0 aromatic heterocycles. The van der Waals surface area contributed by atoms with E-state index in [1.54, 1.807) is 0 Å². The van der Waals surface area contributed by atoms with Crippen LogP contribution in [0, 0.1) is 18.8 Å². The number of hydrogen-bond acceptors (Lipinski definition) is 3. The van der Waals surface area contributed by atoms with Crippen LogP contribution >= 0.6 is 0 Å². The van der Waals surface area contributed by atoms with Gasteiger partial charge in [0.1, 0.15) is 0 Å². The summed E-state index contributed by atoms with van der Waals surface area (Å²) in [7, 11) is 0. The maximum Gasteiger partial charge on any atom is 0.0723 e. The molecule has 0 spiro atoms. The van der Waals surface area contributed by atoms with E-state index >= 15 is 0 Å². The number of aliphatic hydroxyl groups is 1. The summed E-state index contributed by atoms with van der Waals surface area (Å²) in [6, 6.07) is 8.94. The van der Waals surface area contributed by atoms with Crippen LogP contribution in [-0.2, 0) is 4.74 Å². The van der Waals surface area contributed by atoms with E-state index in [2.05, 4.69) is 64.2 Å². The average molecular weight is 307 g/mol. The van der Waals surface area contributed by atoms with Crippen LogP contribution in [0.4, 0.5) is 0 Å². The van der Waals surface area contributed by atoms with Crippen LogP contribution in [-0.4, -0.2) is 31.0 Å². The van der Waals surface area contributed by atoms with E-state index in [1.807, 2.05) is 0 Å². The summed E-state index contributed by atoms with van der Waals surface area (Å²) in [4.78, 5) is 0. The average Bonchev–Trinajstić information content (AvgIpc) is 2.46. The van der Waals surface area contributed by atoms with Crippen molar-refractivity contribution in [3.05, 3.63) is 35.4 Å². The predicted octanol–water partition coefficient (Wildman–Crippen LogP) is 3.71. The second-order valence-corrected chi connectivity index (χ2v) is 6.82. The first-order chi connectivity index (χ1) is 10.5. The minimum Gasteiger partial charge on any atom is -0.394 e. The molecule has 0 radical (unpaired) electrons. The van der Waals surface area contributed by atoms with Gasteiger partial charge in [-0.3, -0.25) is 0 Å². The van der Waals surface area contributed by atoms with E-state index in [0.29, 0.717) is 24.5 Å². The highest BCUT2D eigenvalue weighted by molar-refractivity contribution is 5.28. The molecule has 2 atom stereocenters. The molecule has 22 heavy (non-hydrogen) atoms. The van der Waals surface area contributed by atoms with Crippen molar-refractivity contribution in [2.75, 3.05) is 19.8 Å². The second-order valence-electron chi connectivity index (χ2n) is 6.82. The normalized spacial score (nSPS) is 14.5. The van der Waals surface area contributed by atoms with Crippen LogP contribution in [0.1, 0.15) is 51.3 Å². The zero-order chi connectivity index (χ0) is 16.5. The molecule has 0 aliphatic carbocycles. The minimum absolute atomic E-state index is 0.0798. The molecular weight excluding hydrogens is 274 g/mol. The van der Waals surface area contributed by atoms with Crippen molar-refractivity contribution in [3.8, 4) is 0 Å². The molecule has 1 aromatic rings. The van der Waals surface area contributed by atoms with Crippen LogP contribution in [0.3, 0.4) is 0 Å². The molecule has 126 valence electrons. The molecule has 0 heterocycles. The van der Waals surface area contributed by atoms with Gasteiger partial charge in [0.05, 0.1) is 19.3 Å². The lowest BCUT2D eigenvalue weighted by Gasteiger charge is -2.27. The predicted molar refractivity (Wildman–Crippen MR) is 93.0 cm³/mol. The molecule has 0 saturated carbocycles. The number of hydrogen-bond donors (Lipinski definition) is 2. The number of benzene rings is 1. The van der Waals surface area contributed by atoms with Crippen molar-refractivity contribution in [1.82, 2.24) is 5.32 Å².